The molecule has 8 nitrogen and oxygen atoms in total. The number of benzene rings is 2. The van der Waals surface area contributed by atoms with E-state index in [1.807, 2.05) is 30.3 Å². The Morgan fingerprint density at radius 3 is 2.20 bits per heavy atom. The van der Waals surface area contributed by atoms with E-state index in [0.717, 1.165) is 5.56 Å². The van der Waals surface area contributed by atoms with Gasteiger partial charge < -0.3 is 14.6 Å². The van der Waals surface area contributed by atoms with Crippen LogP contribution in [0.5, 0.6) is 0 Å². The zero-order valence-corrected chi connectivity index (χ0v) is 19.7. The second-order valence-electron chi connectivity index (χ2n) is 7.84. The van der Waals surface area contributed by atoms with Crippen LogP contribution in [0.15, 0.2) is 66.7 Å². The molecule has 1 aromatic heterocycles. The minimum absolute atomic E-state index is 0.0940. The summed E-state index contributed by atoms with van der Waals surface area (Å²) in [6.07, 6.45) is -1.27. The van der Waals surface area contributed by atoms with E-state index in [9.17, 15) is 19.5 Å². The number of aromatic nitrogens is 2. The van der Waals surface area contributed by atoms with Gasteiger partial charge in [-0.05, 0) is 44.0 Å². The summed E-state index contributed by atoms with van der Waals surface area (Å²) in [5, 5.41) is 18.8. The first kappa shape index (κ1) is 25.7. The number of Topliss-reactive ketones (excluding diaryl/α,β-unsaturated/α-hetero) is 1. The van der Waals surface area contributed by atoms with Crippen LogP contribution in [0.4, 0.5) is 0 Å². The zero-order chi connectivity index (χ0) is 25.2. The highest BCUT2D eigenvalue weighted by Gasteiger charge is 2.30. The number of carbonyl (C=O) groups is 3. The van der Waals surface area contributed by atoms with Crippen LogP contribution in [0.1, 0.15) is 46.7 Å². The number of hydrogen-bond donors (Lipinski definition) is 1. The van der Waals surface area contributed by atoms with Gasteiger partial charge in [-0.15, -0.1) is 10.2 Å². The van der Waals surface area contributed by atoms with Gasteiger partial charge >= 0.3 is 11.9 Å². The lowest BCUT2D eigenvalue weighted by Gasteiger charge is -2.21. The fraction of sp³-hybridized carbons (Fsp3) is 0.296. The highest BCUT2D eigenvalue weighted by molar-refractivity contribution is 5.97. The highest BCUT2D eigenvalue weighted by atomic mass is 16.5. The standard InChI is InChI=1S/C27H28N2O6/c1-3-34-26(32)21-13-9-8-12-20(21)22-14-15-23(29-28-22)24(30)17-19(25(31)27(33)35-4-2)16-18-10-6-5-7-11-18/h5-15,19,25,31H,3-4,16-17H2,1-2H3/t19-,25+/m0/s1. The summed E-state index contributed by atoms with van der Waals surface area (Å²) in [5.74, 6) is -2.30. The summed E-state index contributed by atoms with van der Waals surface area (Å²) in [7, 11) is 0. The third kappa shape index (κ3) is 6.80. The summed E-state index contributed by atoms with van der Waals surface area (Å²) < 4.78 is 10.1. The van der Waals surface area contributed by atoms with Crippen molar-refractivity contribution >= 4 is 17.7 Å². The van der Waals surface area contributed by atoms with Gasteiger partial charge in [0.15, 0.2) is 11.9 Å². The SMILES string of the molecule is CCOC(=O)c1ccccc1-c1ccc(C(=O)C[C@H](Cc2ccccc2)[C@@H](O)C(=O)OCC)nn1. The van der Waals surface area contributed by atoms with E-state index in [0.29, 0.717) is 23.2 Å². The van der Waals surface area contributed by atoms with E-state index in [1.165, 1.54) is 6.07 Å². The number of nitrogens with zero attached hydrogens (tertiary/aromatic N) is 2. The van der Waals surface area contributed by atoms with Gasteiger partial charge in [-0.25, -0.2) is 9.59 Å². The lowest BCUT2D eigenvalue weighted by atomic mass is 9.88. The van der Waals surface area contributed by atoms with Gasteiger partial charge in [0.2, 0.25) is 0 Å². The van der Waals surface area contributed by atoms with Gasteiger partial charge in [-0.2, -0.15) is 0 Å². The molecule has 35 heavy (non-hydrogen) atoms. The number of aliphatic hydroxyl groups excluding tert-OH is 1. The van der Waals surface area contributed by atoms with Crippen molar-refractivity contribution in [3.63, 3.8) is 0 Å². The van der Waals surface area contributed by atoms with E-state index in [2.05, 4.69) is 10.2 Å². The Morgan fingerprint density at radius 2 is 1.54 bits per heavy atom. The maximum absolute atomic E-state index is 13.0. The molecule has 182 valence electrons. The van der Waals surface area contributed by atoms with Crippen molar-refractivity contribution in [1.29, 1.82) is 0 Å². The Kier molecular flexibility index (Phi) is 9.20. The number of carbonyl (C=O) groups excluding carboxylic acids is 3. The summed E-state index contributed by atoms with van der Waals surface area (Å²) in [6, 6.07) is 19.3. The minimum Gasteiger partial charge on any atom is -0.464 e. The van der Waals surface area contributed by atoms with Crippen LogP contribution in [0, 0.1) is 5.92 Å². The molecule has 0 radical (unpaired) electrons. The van der Waals surface area contributed by atoms with Crippen molar-refractivity contribution in [2.75, 3.05) is 13.2 Å². The topological polar surface area (TPSA) is 116 Å². The van der Waals surface area contributed by atoms with Crippen molar-refractivity contribution in [2.24, 2.45) is 5.92 Å². The molecule has 0 aliphatic rings. The summed E-state index contributed by atoms with van der Waals surface area (Å²) in [5.41, 5.74) is 2.28. The molecule has 0 aliphatic heterocycles. The fourth-order valence-corrected chi connectivity index (χ4v) is 3.69. The van der Waals surface area contributed by atoms with Crippen LogP contribution < -0.4 is 0 Å². The van der Waals surface area contributed by atoms with Gasteiger partial charge in [0, 0.05) is 17.9 Å². The lowest BCUT2D eigenvalue weighted by molar-refractivity contribution is -0.155. The third-order valence-corrected chi connectivity index (χ3v) is 5.41. The molecular formula is C27H28N2O6. The molecule has 1 N–H and O–H groups in total. The second kappa shape index (κ2) is 12.5. The predicted octanol–water partition coefficient (Wildman–Crippen LogP) is 3.68. The molecule has 2 aromatic carbocycles. The number of ether oxygens (including phenoxy) is 2. The number of hydrogen-bond acceptors (Lipinski definition) is 8. The number of rotatable bonds is 11. The molecule has 8 heteroatoms. The summed E-state index contributed by atoms with van der Waals surface area (Å²) >= 11 is 0. The van der Waals surface area contributed by atoms with Crippen LogP contribution in [-0.4, -0.2) is 52.3 Å². The van der Waals surface area contributed by atoms with Gasteiger partial charge in [0.05, 0.1) is 24.5 Å². The van der Waals surface area contributed by atoms with Gasteiger partial charge in [0.25, 0.3) is 0 Å². The van der Waals surface area contributed by atoms with E-state index >= 15 is 0 Å². The zero-order valence-electron chi connectivity index (χ0n) is 19.7. The van der Waals surface area contributed by atoms with Crippen LogP contribution >= 0.6 is 0 Å². The molecular weight excluding hydrogens is 448 g/mol. The number of ketones is 1. The molecule has 0 saturated heterocycles. The molecule has 3 rings (SSSR count). The molecule has 0 bridgehead atoms. The first-order valence-electron chi connectivity index (χ1n) is 11.5. The first-order valence-corrected chi connectivity index (χ1v) is 11.5. The van der Waals surface area contributed by atoms with E-state index in [-0.39, 0.29) is 31.1 Å². The van der Waals surface area contributed by atoms with Crippen molar-refractivity contribution in [1.82, 2.24) is 10.2 Å². The van der Waals surface area contributed by atoms with Crippen molar-refractivity contribution in [3.05, 3.63) is 83.6 Å². The Bertz CT molecular complexity index is 1150. The van der Waals surface area contributed by atoms with Crippen molar-refractivity contribution in [2.45, 2.75) is 32.8 Å². The Hall–Kier alpha value is -3.91. The third-order valence-electron chi connectivity index (χ3n) is 5.41. The van der Waals surface area contributed by atoms with Crippen LogP contribution in [-0.2, 0) is 20.7 Å². The van der Waals surface area contributed by atoms with E-state index < -0.39 is 24.0 Å². The van der Waals surface area contributed by atoms with E-state index in [1.54, 1.807) is 44.2 Å². The van der Waals surface area contributed by atoms with E-state index in [4.69, 9.17) is 9.47 Å². The van der Waals surface area contributed by atoms with Crippen LogP contribution in [0.25, 0.3) is 11.3 Å². The van der Waals surface area contributed by atoms with Crippen molar-refractivity contribution in [3.8, 4) is 11.3 Å². The predicted molar refractivity (Wildman–Crippen MR) is 129 cm³/mol. The molecule has 0 aliphatic carbocycles. The normalized spacial score (nSPS) is 12.4. The maximum Gasteiger partial charge on any atom is 0.338 e. The summed E-state index contributed by atoms with van der Waals surface area (Å²) in [4.78, 5) is 37.4. The average Bonchev–Trinajstić information content (AvgIpc) is 2.89. The molecule has 0 fully saturated rings. The number of esters is 2. The smallest absolute Gasteiger partial charge is 0.338 e. The molecule has 0 unspecified atom stereocenters. The summed E-state index contributed by atoms with van der Waals surface area (Å²) in [6.45, 7) is 3.75. The fourth-order valence-electron chi connectivity index (χ4n) is 3.69. The second-order valence-corrected chi connectivity index (χ2v) is 7.84. The van der Waals surface area contributed by atoms with Gasteiger partial charge in [-0.3, -0.25) is 4.79 Å². The van der Waals surface area contributed by atoms with Gasteiger partial charge in [0.1, 0.15) is 5.69 Å². The van der Waals surface area contributed by atoms with Gasteiger partial charge in [-0.1, -0.05) is 48.5 Å². The van der Waals surface area contributed by atoms with Crippen molar-refractivity contribution < 1.29 is 29.0 Å². The minimum atomic E-state index is -1.46. The molecule has 3 aromatic rings. The first-order chi connectivity index (χ1) is 16.9. The molecule has 0 amide bonds. The largest absolute Gasteiger partial charge is 0.464 e. The quantitative estimate of drug-likeness (QED) is 0.329. The molecule has 2 atom stereocenters. The molecule has 0 saturated carbocycles. The number of aliphatic hydroxyl groups is 1. The van der Waals surface area contributed by atoms with Crippen LogP contribution in [0.2, 0.25) is 0 Å². The Morgan fingerprint density at radius 1 is 0.857 bits per heavy atom. The Balaban J connectivity index is 1.80. The Labute approximate surface area is 203 Å². The lowest BCUT2D eigenvalue weighted by Crippen LogP contribution is -2.34. The van der Waals surface area contributed by atoms with Crippen LogP contribution in [0.3, 0.4) is 0 Å². The highest BCUT2D eigenvalue weighted by Crippen LogP contribution is 2.24. The maximum atomic E-state index is 13.0. The monoisotopic (exact) mass is 476 g/mol. The average molecular weight is 477 g/mol. The molecule has 1 heterocycles. The molecule has 0 spiro atoms.